The lowest BCUT2D eigenvalue weighted by Crippen LogP contribution is -2.52. The van der Waals surface area contributed by atoms with Crippen LogP contribution in [0.15, 0.2) is 48.5 Å². The normalized spacial score (nSPS) is 25.6. The van der Waals surface area contributed by atoms with Crippen LogP contribution in [0, 0.1) is 0 Å². The van der Waals surface area contributed by atoms with Crippen molar-refractivity contribution in [1.82, 2.24) is 15.5 Å². The minimum atomic E-state index is -0.561. The summed E-state index contributed by atoms with van der Waals surface area (Å²) in [5.74, 6) is -0.0799. The third-order valence-electron chi connectivity index (χ3n) is 7.18. The van der Waals surface area contributed by atoms with Crippen LogP contribution in [0.5, 0.6) is 0 Å². The van der Waals surface area contributed by atoms with E-state index in [4.69, 9.17) is 0 Å². The van der Waals surface area contributed by atoms with Crippen molar-refractivity contribution in [3.8, 4) is 0 Å². The maximum atomic E-state index is 12.8. The molecular weight excluding hydrogens is 402 g/mol. The molecule has 2 heterocycles. The highest BCUT2D eigenvalue weighted by molar-refractivity contribution is 6.05. The number of rotatable bonds is 5. The second-order valence-electron chi connectivity index (χ2n) is 9.23. The first-order valence-electron chi connectivity index (χ1n) is 11.6. The van der Waals surface area contributed by atoms with Crippen molar-refractivity contribution >= 4 is 17.7 Å². The minimum Gasteiger partial charge on any atom is -0.322 e. The van der Waals surface area contributed by atoms with Crippen molar-refractivity contribution in [3.63, 3.8) is 0 Å². The molecule has 1 saturated carbocycles. The molecule has 6 nitrogen and oxygen atoms in total. The highest BCUT2D eigenvalue weighted by atomic mass is 16.2. The first kappa shape index (κ1) is 20.9. The summed E-state index contributed by atoms with van der Waals surface area (Å²) in [6, 6.07) is 16.7. The molecule has 1 unspecified atom stereocenters. The molecular formula is C26H29N3O3. The number of piperidine rings is 1. The maximum Gasteiger partial charge on any atom is 0.255 e. The van der Waals surface area contributed by atoms with Crippen LogP contribution in [0.1, 0.15) is 71.5 Å². The predicted octanol–water partition coefficient (Wildman–Crippen LogP) is 3.26. The lowest BCUT2D eigenvalue weighted by molar-refractivity contribution is -0.136. The van der Waals surface area contributed by atoms with E-state index in [1.807, 2.05) is 12.1 Å². The van der Waals surface area contributed by atoms with Crippen LogP contribution in [-0.2, 0) is 22.7 Å². The van der Waals surface area contributed by atoms with E-state index < -0.39 is 6.04 Å². The lowest BCUT2D eigenvalue weighted by atomic mass is 9.82. The Morgan fingerprint density at radius 2 is 1.72 bits per heavy atom. The fourth-order valence-corrected chi connectivity index (χ4v) is 5.36. The van der Waals surface area contributed by atoms with E-state index in [9.17, 15) is 14.4 Å². The molecule has 2 N–H and O–H groups in total. The summed E-state index contributed by atoms with van der Waals surface area (Å²) in [5, 5.41) is 6.05. The van der Waals surface area contributed by atoms with Gasteiger partial charge in [0.05, 0.1) is 0 Å². The summed E-state index contributed by atoms with van der Waals surface area (Å²) in [7, 11) is 0. The zero-order valence-corrected chi connectivity index (χ0v) is 18.2. The second kappa shape index (κ2) is 8.87. The largest absolute Gasteiger partial charge is 0.322 e. The summed E-state index contributed by atoms with van der Waals surface area (Å²) in [4.78, 5) is 38.1. The molecule has 0 aromatic heterocycles. The zero-order valence-electron chi connectivity index (χ0n) is 18.2. The van der Waals surface area contributed by atoms with Gasteiger partial charge in [-0.3, -0.25) is 19.7 Å². The van der Waals surface area contributed by atoms with Gasteiger partial charge in [-0.2, -0.15) is 0 Å². The molecule has 1 aliphatic carbocycles. The number of nitrogens with one attached hydrogen (secondary N) is 2. The van der Waals surface area contributed by atoms with Gasteiger partial charge in [-0.25, -0.2) is 0 Å². The van der Waals surface area contributed by atoms with Crippen molar-refractivity contribution in [1.29, 1.82) is 0 Å². The topological polar surface area (TPSA) is 78.5 Å². The van der Waals surface area contributed by atoms with Gasteiger partial charge < -0.3 is 10.2 Å². The van der Waals surface area contributed by atoms with Gasteiger partial charge in [-0.15, -0.1) is 0 Å². The van der Waals surface area contributed by atoms with Gasteiger partial charge >= 0.3 is 0 Å². The summed E-state index contributed by atoms with van der Waals surface area (Å²) < 4.78 is 0. The maximum absolute atomic E-state index is 12.8. The number of hydrogen-bond acceptors (Lipinski definition) is 4. The fraction of sp³-hybridized carbons (Fsp3) is 0.423. The van der Waals surface area contributed by atoms with E-state index in [1.165, 1.54) is 31.2 Å². The number of carbonyl (C=O) groups excluding carboxylic acids is 3. The van der Waals surface area contributed by atoms with Crippen LogP contribution in [0.25, 0.3) is 0 Å². The first-order valence-corrected chi connectivity index (χ1v) is 11.6. The molecule has 2 aliphatic heterocycles. The van der Waals surface area contributed by atoms with E-state index in [0.29, 0.717) is 30.5 Å². The van der Waals surface area contributed by atoms with Gasteiger partial charge in [0, 0.05) is 31.1 Å². The number of benzene rings is 2. The Hall–Kier alpha value is -2.99. The number of fused-ring (bicyclic) bond motifs is 1. The van der Waals surface area contributed by atoms with E-state index in [1.54, 1.807) is 4.90 Å². The average Bonchev–Trinajstić information content (AvgIpc) is 3.14. The number of amides is 3. The molecule has 166 valence electrons. The Balaban J connectivity index is 1.16. The Kier molecular flexibility index (Phi) is 5.79. The summed E-state index contributed by atoms with van der Waals surface area (Å²) in [6.07, 6.45) is 5.43. The third kappa shape index (κ3) is 4.19. The van der Waals surface area contributed by atoms with Gasteiger partial charge in [0.1, 0.15) is 6.04 Å². The zero-order chi connectivity index (χ0) is 22.1. The smallest absolute Gasteiger partial charge is 0.255 e. The molecule has 2 fully saturated rings. The van der Waals surface area contributed by atoms with Crippen LogP contribution < -0.4 is 10.6 Å². The van der Waals surface area contributed by atoms with Gasteiger partial charge in [0.2, 0.25) is 11.8 Å². The second-order valence-corrected chi connectivity index (χ2v) is 9.23. The molecule has 1 saturated heterocycles. The summed E-state index contributed by atoms with van der Waals surface area (Å²) >= 11 is 0. The van der Waals surface area contributed by atoms with Crippen LogP contribution in [0.4, 0.5) is 0 Å². The monoisotopic (exact) mass is 431 g/mol. The van der Waals surface area contributed by atoms with Gasteiger partial charge in [-0.1, -0.05) is 42.5 Å². The number of carbonyl (C=O) groups is 3. The molecule has 32 heavy (non-hydrogen) atoms. The Bertz CT molecular complexity index is 1030. The van der Waals surface area contributed by atoms with Crippen molar-refractivity contribution < 1.29 is 14.4 Å². The molecule has 3 aliphatic rings. The Morgan fingerprint density at radius 3 is 2.47 bits per heavy atom. The molecule has 0 spiro atoms. The third-order valence-corrected chi connectivity index (χ3v) is 7.18. The molecule has 0 radical (unpaired) electrons. The molecule has 2 aromatic rings. The van der Waals surface area contributed by atoms with E-state index in [-0.39, 0.29) is 24.1 Å². The average molecular weight is 432 g/mol. The minimum absolute atomic E-state index is 0.117. The summed E-state index contributed by atoms with van der Waals surface area (Å²) in [5.41, 5.74) is 4.25. The predicted molar refractivity (Wildman–Crippen MR) is 121 cm³/mol. The van der Waals surface area contributed by atoms with Crippen LogP contribution in [0.3, 0.4) is 0 Å². The molecule has 5 rings (SSSR count). The van der Waals surface area contributed by atoms with Crippen LogP contribution in [-0.4, -0.2) is 34.7 Å². The number of nitrogens with zero attached hydrogens (tertiary/aromatic N) is 1. The van der Waals surface area contributed by atoms with Gasteiger partial charge in [0.15, 0.2) is 0 Å². The number of hydrogen-bond donors (Lipinski definition) is 2. The van der Waals surface area contributed by atoms with Crippen LogP contribution >= 0.6 is 0 Å². The van der Waals surface area contributed by atoms with Crippen LogP contribution in [0.2, 0.25) is 0 Å². The van der Waals surface area contributed by atoms with Crippen molar-refractivity contribution in [2.45, 2.75) is 69.6 Å². The van der Waals surface area contributed by atoms with Gasteiger partial charge in [0.25, 0.3) is 5.91 Å². The highest BCUT2D eigenvalue weighted by Gasteiger charge is 2.39. The first-order chi connectivity index (χ1) is 15.6. The quantitative estimate of drug-likeness (QED) is 0.713. The van der Waals surface area contributed by atoms with E-state index in [0.717, 1.165) is 17.7 Å². The Morgan fingerprint density at radius 1 is 0.938 bits per heavy atom. The van der Waals surface area contributed by atoms with E-state index >= 15 is 0 Å². The number of imide groups is 1. The van der Waals surface area contributed by atoms with Crippen molar-refractivity contribution in [2.24, 2.45) is 0 Å². The fourth-order valence-electron chi connectivity index (χ4n) is 5.36. The highest BCUT2D eigenvalue weighted by Crippen LogP contribution is 2.33. The summed E-state index contributed by atoms with van der Waals surface area (Å²) in [6.45, 7) is 1.21. The van der Waals surface area contributed by atoms with Crippen molar-refractivity contribution in [3.05, 3.63) is 70.8 Å². The standard InChI is InChI=1S/C26H29N3O3/c30-24-13-12-23(25(31)28-24)29-16-20-14-17(6-11-22(20)26(29)32)15-27-21-9-7-19(8-10-21)18-4-2-1-3-5-18/h1-6,11,14,19,21,23,27H,7-10,12-13,15-16H2,(H,28,30,31)/t19-,21-,23?. The SMILES string of the molecule is O=C1CCC(N2Cc3cc(CN[C@H]4CC[C@H](c5ccccc5)CC4)ccc3C2=O)C(=O)N1. The molecule has 2 aromatic carbocycles. The van der Waals surface area contributed by atoms with Gasteiger partial charge in [-0.05, 0) is 60.8 Å². The van der Waals surface area contributed by atoms with E-state index in [2.05, 4.69) is 47.0 Å². The Labute approximate surface area is 188 Å². The van der Waals surface area contributed by atoms with Crippen molar-refractivity contribution in [2.75, 3.05) is 0 Å². The molecule has 0 bridgehead atoms. The lowest BCUT2D eigenvalue weighted by Gasteiger charge is -2.29. The molecule has 1 atom stereocenters. The molecule has 6 heteroatoms. The molecule has 3 amide bonds.